The number of hydrogen-bond acceptors (Lipinski definition) is 10. The Morgan fingerprint density at radius 2 is 0.913 bits per heavy atom. The normalized spacial score (nSPS) is 14.4. The maximum absolute atomic E-state index is 13.4. The van der Waals surface area contributed by atoms with Gasteiger partial charge in [-0.05, 0) is 153 Å². The van der Waals surface area contributed by atoms with Gasteiger partial charge in [-0.3, -0.25) is 0 Å². The topological polar surface area (TPSA) is 116 Å². The quantitative estimate of drug-likeness (QED) is 0.0989. The summed E-state index contributed by atoms with van der Waals surface area (Å²) >= 11 is 3.39. The SMILES string of the molecule is Cc1nc(-c2ccc(CCCCN3CCC(c4noc5cc(F)ccc45)CC3)cc2)cs1.Cc1nc(-c2ccc(CCCCN3CCC(c4noc5cc(F)ccc45)CC3)cc2)cs1.Cl.Cl.Cl.Cl.O. The first kappa shape index (κ1) is 57.6. The lowest BCUT2D eigenvalue weighted by atomic mass is 9.91. The van der Waals surface area contributed by atoms with E-state index >= 15 is 0 Å². The zero-order valence-electron chi connectivity index (χ0n) is 38.9. The highest BCUT2D eigenvalue weighted by molar-refractivity contribution is 7.10. The summed E-state index contributed by atoms with van der Waals surface area (Å²) < 4.78 is 37.5. The second-order valence-corrected chi connectivity index (χ2v) is 19.6. The van der Waals surface area contributed by atoms with E-state index in [0.29, 0.717) is 23.0 Å². The molecular weight excluding hydrogens is 1000 g/mol. The Balaban J connectivity index is 0.000000280. The molecule has 2 fully saturated rings. The second kappa shape index (κ2) is 27.5. The van der Waals surface area contributed by atoms with Crippen LogP contribution in [0.4, 0.5) is 8.78 Å². The summed E-state index contributed by atoms with van der Waals surface area (Å²) in [5.74, 6) is 0.247. The van der Waals surface area contributed by atoms with Gasteiger partial charge in [0.25, 0.3) is 0 Å². The Bertz CT molecular complexity index is 2570. The molecule has 0 aliphatic carbocycles. The van der Waals surface area contributed by atoms with Crippen LogP contribution >= 0.6 is 72.3 Å². The lowest BCUT2D eigenvalue weighted by Crippen LogP contribution is -2.33. The number of benzene rings is 4. The average molecular weight is 1060 g/mol. The van der Waals surface area contributed by atoms with Crippen LogP contribution in [-0.4, -0.2) is 74.8 Å². The molecule has 0 bridgehead atoms. The van der Waals surface area contributed by atoms with Gasteiger partial charge in [0.05, 0.1) is 32.8 Å². The summed E-state index contributed by atoms with van der Waals surface area (Å²) in [5, 5.41) is 16.9. The molecule has 8 aromatic rings. The average Bonchev–Trinajstić information content (AvgIpc) is 4.15. The molecular formula is C52H62Cl4F2N6O3S2. The summed E-state index contributed by atoms with van der Waals surface area (Å²) in [4.78, 5) is 14.3. The molecule has 372 valence electrons. The maximum Gasteiger partial charge on any atom is 0.170 e. The van der Waals surface area contributed by atoms with Crippen LogP contribution in [0, 0.1) is 25.5 Å². The van der Waals surface area contributed by atoms with Crippen molar-refractivity contribution in [3.8, 4) is 22.5 Å². The number of piperidine rings is 2. The van der Waals surface area contributed by atoms with Crippen LogP contribution in [0.3, 0.4) is 0 Å². The third-order valence-corrected chi connectivity index (χ3v) is 14.5. The zero-order chi connectivity index (χ0) is 43.8. The molecule has 2 aliphatic heterocycles. The van der Waals surface area contributed by atoms with Gasteiger partial charge in [-0.1, -0.05) is 58.8 Å². The van der Waals surface area contributed by atoms with Gasteiger partial charge in [-0.15, -0.1) is 72.3 Å². The standard InChI is InChI=1S/2C26H28FN3OS.4ClH.H2O/c2*1-18-28-24(17-32-18)20-7-5-19(6-8-20)4-2-3-13-30-14-11-21(12-15-30)26-23-10-9-22(27)16-25(23)31-29-26;;;;;/h2*5-10,16-17,21H,2-4,11-15H2,1H3;4*1H;1H2. The van der Waals surface area contributed by atoms with Crippen molar-refractivity contribution in [3.05, 3.63) is 140 Å². The number of aryl methyl sites for hydroxylation is 4. The molecule has 0 radical (unpaired) electrons. The number of thiazole rings is 2. The minimum atomic E-state index is -0.277. The summed E-state index contributed by atoms with van der Waals surface area (Å²) in [6.07, 6.45) is 11.4. The zero-order valence-corrected chi connectivity index (χ0v) is 43.8. The van der Waals surface area contributed by atoms with Gasteiger partial charge < -0.3 is 24.3 Å². The van der Waals surface area contributed by atoms with Crippen molar-refractivity contribution >= 4 is 94.2 Å². The molecule has 4 aromatic heterocycles. The van der Waals surface area contributed by atoms with Crippen LogP contribution in [0.15, 0.2) is 105 Å². The largest absolute Gasteiger partial charge is 0.412 e. The predicted molar refractivity (Wildman–Crippen MR) is 288 cm³/mol. The van der Waals surface area contributed by atoms with Gasteiger partial charge in [0.15, 0.2) is 11.2 Å². The smallest absolute Gasteiger partial charge is 0.170 e. The Kier molecular flexibility index (Phi) is 23.0. The number of hydrogen-bond donors (Lipinski definition) is 0. The minimum Gasteiger partial charge on any atom is -0.412 e. The van der Waals surface area contributed by atoms with E-state index in [0.717, 1.165) is 121 Å². The van der Waals surface area contributed by atoms with Crippen LogP contribution in [0.2, 0.25) is 0 Å². The highest BCUT2D eigenvalue weighted by Gasteiger charge is 2.26. The van der Waals surface area contributed by atoms with Crippen molar-refractivity contribution < 1.29 is 23.3 Å². The van der Waals surface area contributed by atoms with Gasteiger partial charge in [0.2, 0.25) is 0 Å². The van der Waals surface area contributed by atoms with E-state index in [1.807, 2.05) is 13.8 Å². The Labute approximate surface area is 436 Å². The summed E-state index contributed by atoms with van der Waals surface area (Å²) in [5.41, 5.74) is 10.4. The fourth-order valence-electron chi connectivity index (χ4n) is 9.32. The Morgan fingerprint density at radius 3 is 1.26 bits per heavy atom. The van der Waals surface area contributed by atoms with Gasteiger partial charge in [-0.25, -0.2) is 18.7 Å². The van der Waals surface area contributed by atoms with Gasteiger partial charge in [0.1, 0.15) is 11.6 Å². The minimum absolute atomic E-state index is 0. The van der Waals surface area contributed by atoms with E-state index in [4.69, 9.17) is 9.05 Å². The van der Waals surface area contributed by atoms with Crippen LogP contribution in [-0.2, 0) is 12.8 Å². The molecule has 9 nitrogen and oxygen atoms in total. The molecule has 4 aromatic carbocycles. The lowest BCUT2D eigenvalue weighted by Gasteiger charge is -2.31. The molecule has 10 rings (SSSR count). The third-order valence-electron chi connectivity index (χ3n) is 13.0. The van der Waals surface area contributed by atoms with E-state index in [-0.39, 0.29) is 66.7 Å². The molecule has 6 heterocycles. The van der Waals surface area contributed by atoms with Crippen LogP contribution < -0.4 is 0 Å². The number of nitrogens with zero attached hydrogens (tertiary/aromatic N) is 6. The van der Waals surface area contributed by atoms with Crippen molar-refractivity contribution in [2.24, 2.45) is 0 Å². The van der Waals surface area contributed by atoms with Gasteiger partial charge in [-0.2, -0.15) is 0 Å². The van der Waals surface area contributed by atoms with Crippen molar-refractivity contribution in [1.82, 2.24) is 30.1 Å². The number of unbranched alkanes of at least 4 members (excludes halogenated alkanes) is 2. The first-order valence-corrected chi connectivity index (χ1v) is 24.6. The van der Waals surface area contributed by atoms with Crippen molar-refractivity contribution in [2.75, 3.05) is 39.3 Å². The van der Waals surface area contributed by atoms with Crippen LogP contribution in [0.25, 0.3) is 44.5 Å². The van der Waals surface area contributed by atoms with Crippen molar-refractivity contribution in [1.29, 1.82) is 0 Å². The molecule has 0 unspecified atom stereocenters. The molecule has 2 saturated heterocycles. The van der Waals surface area contributed by atoms with E-state index in [9.17, 15) is 8.78 Å². The number of aromatic nitrogens is 4. The third kappa shape index (κ3) is 15.0. The summed E-state index contributed by atoms with van der Waals surface area (Å²) in [7, 11) is 0. The number of rotatable bonds is 14. The lowest BCUT2D eigenvalue weighted by molar-refractivity contribution is 0.206. The van der Waals surface area contributed by atoms with Crippen LogP contribution in [0.1, 0.15) is 95.7 Å². The molecule has 69 heavy (non-hydrogen) atoms. The molecule has 2 N–H and O–H groups in total. The number of halogens is 6. The molecule has 17 heteroatoms. The molecule has 0 spiro atoms. The highest BCUT2D eigenvalue weighted by Crippen LogP contribution is 2.35. The predicted octanol–water partition coefficient (Wildman–Crippen LogP) is 14.1. The fourth-order valence-corrected chi connectivity index (χ4v) is 10.6. The Hall–Kier alpha value is -4.02. The summed E-state index contributed by atoms with van der Waals surface area (Å²) in [6.45, 7) is 10.7. The molecule has 2 aliphatic rings. The van der Waals surface area contributed by atoms with Crippen molar-refractivity contribution in [2.45, 2.75) is 89.9 Å². The van der Waals surface area contributed by atoms with E-state index in [1.165, 1.54) is 72.2 Å². The van der Waals surface area contributed by atoms with Crippen LogP contribution in [0.5, 0.6) is 0 Å². The van der Waals surface area contributed by atoms with Crippen molar-refractivity contribution in [3.63, 3.8) is 0 Å². The maximum atomic E-state index is 13.4. The Morgan fingerprint density at radius 1 is 0.536 bits per heavy atom. The number of fused-ring (bicyclic) bond motifs is 2. The number of likely N-dealkylation sites (tertiary alicyclic amines) is 2. The van der Waals surface area contributed by atoms with E-state index in [1.54, 1.807) is 34.8 Å². The monoisotopic (exact) mass is 1060 g/mol. The molecule has 0 amide bonds. The summed E-state index contributed by atoms with van der Waals surface area (Å²) in [6, 6.07) is 27.2. The first-order valence-electron chi connectivity index (χ1n) is 22.9. The molecule has 0 atom stereocenters. The van der Waals surface area contributed by atoms with Gasteiger partial charge in [0, 0.05) is 56.6 Å². The second-order valence-electron chi connectivity index (χ2n) is 17.5. The highest BCUT2D eigenvalue weighted by atomic mass is 35.5. The van der Waals surface area contributed by atoms with E-state index < -0.39 is 0 Å². The fraction of sp³-hybridized carbons (Fsp3) is 0.385. The molecule has 0 saturated carbocycles. The van der Waals surface area contributed by atoms with Gasteiger partial charge >= 0.3 is 0 Å². The van der Waals surface area contributed by atoms with E-state index in [2.05, 4.69) is 89.4 Å². The first-order chi connectivity index (χ1) is 31.3.